The Morgan fingerprint density at radius 2 is 2.16 bits per heavy atom. The molecule has 1 aromatic heterocycles. The Hall–Kier alpha value is -1.16. The molecule has 1 saturated carbocycles. The van der Waals surface area contributed by atoms with Gasteiger partial charge in [0, 0.05) is 18.8 Å². The summed E-state index contributed by atoms with van der Waals surface area (Å²) in [6, 6.07) is 4.68. The number of pyridine rings is 1. The molecule has 3 nitrogen and oxygen atoms in total. The van der Waals surface area contributed by atoms with Gasteiger partial charge in [-0.15, -0.1) is 0 Å². The van der Waals surface area contributed by atoms with Crippen LogP contribution in [0.2, 0.25) is 0 Å². The van der Waals surface area contributed by atoms with E-state index in [0.717, 1.165) is 17.9 Å². The highest BCUT2D eigenvalue weighted by Gasteiger charge is 2.25. The number of nitrogens with zero attached hydrogens (tertiary/aromatic N) is 2. The minimum atomic E-state index is 0.391. The van der Waals surface area contributed by atoms with Gasteiger partial charge in [-0.05, 0) is 30.9 Å². The summed E-state index contributed by atoms with van der Waals surface area (Å²) >= 11 is 5.15. The maximum Gasteiger partial charge on any atom is 0.124 e. The van der Waals surface area contributed by atoms with Crippen LogP contribution >= 0.6 is 12.2 Å². The van der Waals surface area contributed by atoms with Gasteiger partial charge in [-0.25, -0.2) is 0 Å². The van der Waals surface area contributed by atoms with Crippen LogP contribution in [0.1, 0.15) is 45.2 Å². The van der Waals surface area contributed by atoms with Gasteiger partial charge in [0.25, 0.3) is 0 Å². The SMILES string of the molecule is CC(C)CN(c1cccnc1C(N)=S)C1CCCC1. The Morgan fingerprint density at radius 3 is 2.74 bits per heavy atom. The van der Waals surface area contributed by atoms with E-state index in [2.05, 4.69) is 29.8 Å². The number of hydrogen-bond donors (Lipinski definition) is 1. The van der Waals surface area contributed by atoms with Gasteiger partial charge in [0.1, 0.15) is 10.7 Å². The highest BCUT2D eigenvalue weighted by molar-refractivity contribution is 7.80. The Bertz CT molecular complexity index is 439. The van der Waals surface area contributed by atoms with E-state index in [4.69, 9.17) is 18.0 Å². The molecule has 1 aliphatic carbocycles. The normalized spacial score (nSPS) is 15.9. The molecule has 1 aromatic rings. The largest absolute Gasteiger partial charge is 0.388 e. The van der Waals surface area contributed by atoms with Crippen LogP contribution in [0.25, 0.3) is 0 Å². The van der Waals surface area contributed by atoms with Gasteiger partial charge in [-0.1, -0.05) is 38.9 Å². The Balaban J connectivity index is 2.34. The van der Waals surface area contributed by atoms with Crippen molar-refractivity contribution < 1.29 is 0 Å². The van der Waals surface area contributed by atoms with Crippen molar-refractivity contribution in [1.29, 1.82) is 0 Å². The number of nitrogens with two attached hydrogens (primary N) is 1. The van der Waals surface area contributed by atoms with Crippen LogP contribution < -0.4 is 10.6 Å². The molecule has 0 spiro atoms. The molecule has 0 radical (unpaired) electrons. The minimum absolute atomic E-state index is 0.391. The van der Waals surface area contributed by atoms with E-state index in [1.54, 1.807) is 6.20 Å². The van der Waals surface area contributed by atoms with E-state index in [9.17, 15) is 0 Å². The third kappa shape index (κ3) is 3.44. The molecule has 2 rings (SSSR count). The Morgan fingerprint density at radius 1 is 1.47 bits per heavy atom. The second-order valence-electron chi connectivity index (χ2n) is 5.72. The fraction of sp³-hybridized carbons (Fsp3) is 0.600. The van der Waals surface area contributed by atoms with Crippen LogP contribution in [0, 0.1) is 5.92 Å². The summed E-state index contributed by atoms with van der Waals surface area (Å²) in [6.45, 7) is 5.53. The standard InChI is InChI=1S/C15H23N3S/c1-11(2)10-18(12-6-3-4-7-12)13-8-5-9-17-14(13)15(16)19/h5,8-9,11-12H,3-4,6-7,10H2,1-2H3,(H2,16,19). The number of anilines is 1. The lowest BCUT2D eigenvalue weighted by Crippen LogP contribution is -2.38. The molecule has 0 aromatic carbocycles. The fourth-order valence-electron chi connectivity index (χ4n) is 2.87. The van der Waals surface area contributed by atoms with E-state index in [0.29, 0.717) is 16.9 Å². The van der Waals surface area contributed by atoms with Gasteiger partial charge >= 0.3 is 0 Å². The molecule has 0 saturated heterocycles. The first-order valence-corrected chi connectivity index (χ1v) is 7.52. The average Bonchev–Trinajstić information content (AvgIpc) is 2.89. The van der Waals surface area contributed by atoms with Crippen LogP contribution in [0.15, 0.2) is 18.3 Å². The monoisotopic (exact) mass is 277 g/mol. The van der Waals surface area contributed by atoms with E-state index < -0.39 is 0 Å². The van der Waals surface area contributed by atoms with Gasteiger partial charge in [-0.3, -0.25) is 4.98 Å². The first-order valence-electron chi connectivity index (χ1n) is 7.11. The van der Waals surface area contributed by atoms with Gasteiger partial charge in [-0.2, -0.15) is 0 Å². The molecule has 19 heavy (non-hydrogen) atoms. The first kappa shape index (κ1) is 14.3. The Labute approximate surface area is 121 Å². The predicted molar refractivity (Wildman–Crippen MR) is 84.6 cm³/mol. The van der Waals surface area contributed by atoms with Crippen LogP contribution in [0.4, 0.5) is 5.69 Å². The van der Waals surface area contributed by atoms with Crippen molar-refractivity contribution in [3.05, 3.63) is 24.0 Å². The summed E-state index contributed by atoms with van der Waals surface area (Å²) < 4.78 is 0. The maximum atomic E-state index is 5.82. The number of aromatic nitrogens is 1. The fourth-order valence-corrected chi connectivity index (χ4v) is 3.03. The molecule has 0 aliphatic heterocycles. The molecule has 2 N–H and O–H groups in total. The smallest absolute Gasteiger partial charge is 0.124 e. The number of rotatable bonds is 5. The lowest BCUT2D eigenvalue weighted by molar-refractivity contribution is 0.535. The summed E-state index contributed by atoms with van der Waals surface area (Å²) in [7, 11) is 0. The molecule has 0 atom stereocenters. The van der Waals surface area contributed by atoms with E-state index in [-0.39, 0.29) is 0 Å². The second-order valence-corrected chi connectivity index (χ2v) is 6.16. The van der Waals surface area contributed by atoms with Crippen molar-refractivity contribution in [2.45, 2.75) is 45.6 Å². The van der Waals surface area contributed by atoms with E-state index in [1.807, 2.05) is 6.07 Å². The molecular formula is C15H23N3S. The summed E-state index contributed by atoms with van der Waals surface area (Å²) in [4.78, 5) is 7.23. The highest BCUT2D eigenvalue weighted by atomic mass is 32.1. The molecule has 1 heterocycles. The lowest BCUT2D eigenvalue weighted by Gasteiger charge is -2.33. The van der Waals surface area contributed by atoms with E-state index in [1.165, 1.54) is 25.7 Å². The van der Waals surface area contributed by atoms with Gasteiger partial charge in [0.05, 0.1) is 5.69 Å². The first-order chi connectivity index (χ1) is 9.09. The molecule has 0 unspecified atom stereocenters. The van der Waals surface area contributed by atoms with Gasteiger partial charge in [0.2, 0.25) is 0 Å². The summed E-state index contributed by atoms with van der Waals surface area (Å²) in [5.41, 5.74) is 7.70. The molecule has 0 bridgehead atoms. The Kier molecular flexibility index (Phi) is 4.75. The quantitative estimate of drug-likeness (QED) is 0.840. The molecule has 4 heteroatoms. The zero-order chi connectivity index (χ0) is 13.8. The second kappa shape index (κ2) is 6.33. The van der Waals surface area contributed by atoms with Crippen LogP contribution in [-0.2, 0) is 0 Å². The molecule has 104 valence electrons. The topological polar surface area (TPSA) is 42.2 Å². The zero-order valence-corrected chi connectivity index (χ0v) is 12.6. The van der Waals surface area contributed by atoms with Crippen molar-refractivity contribution in [2.75, 3.05) is 11.4 Å². The molecule has 1 fully saturated rings. The minimum Gasteiger partial charge on any atom is -0.388 e. The average molecular weight is 277 g/mol. The van der Waals surface area contributed by atoms with Gasteiger partial charge in [0.15, 0.2) is 0 Å². The van der Waals surface area contributed by atoms with Gasteiger partial charge < -0.3 is 10.6 Å². The van der Waals surface area contributed by atoms with E-state index >= 15 is 0 Å². The molecular weight excluding hydrogens is 254 g/mol. The van der Waals surface area contributed by atoms with Crippen molar-refractivity contribution >= 4 is 22.9 Å². The molecule has 0 amide bonds. The third-order valence-electron chi connectivity index (χ3n) is 3.66. The number of hydrogen-bond acceptors (Lipinski definition) is 3. The summed E-state index contributed by atoms with van der Waals surface area (Å²) in [5.74, 6) is 0.611. The third-order valence-corrected chi connectivity index (χ3v) is 3.85. The van der Waals surface area contributed by atoms with Crippen LogP contribution in [0.5, 0.6) is 0 Å². The van der Waals surface area contributed by atoms with Crippen molar-refractivity contribution in [1.82, 2.24) is 4.98 Å². The summed E-state index contributed by atoms with van der Waals surface area (Å²) in [6.07, 6.45) is 6.93. The molecule has 1 aliphatic rings. The van der Waals surface area contributed by atoms with Crippen LogP contribution in [0.3, 0.4) is 0 Å². The van der Waals surface area contributed by atoms with Crippen molar-refractivity contribution in [2.24, 2.45) is 11.7 Å². The maximum absolute atomic E-state index is 5.82. The number of thiocarbonyl (C=S) groups is 1. The highest BCUT2D eigenvalue weighted by Crippen LogP contribution is 2.30. The zero-order valence-electron chi connectivity index (χ0n) is 11.8. The van der Waals surface area contributed by atoms with Crippen molar-refractivity contribution in [3.63, 3.8) is 0 Å². The van der Waals surface area contributed by atoms with Crippen LogP contribution in [-0.4, -0.2) is 22.6 Å². The predicted octanol–water partition coefficient (Wildman–Crippen LogP) is 3.12. The van der Waals surface area contributed by atoms with Crippen molar-refractivity contribution in [3.8, 4) is 0 Å². The summed E-state index contributed by atoms with van der Waals surface area (Å²) in [5, 5.41) is 0. The lowest BCUT2D eigenvalue weighted by atomic mass is 10.1.